The van der Waals surface area contributed by atoms with Crippen molar-refractivity contribution in [2.24, 2.45) is 0 Å². The number of nitrogens with zero attached hydrogens (tertiary/aromatic N) is 3. The third kappa shape index (κ3) is 2.38. The molecule has 0 aromatic carbocycles. The fourth-order valence-corrected chi connectivity index (χ4v) is 2.03. The Hall–Kier alpha value is -1.30. The molecule has 0 N–H and O–H groups in total. The van der Waals surface area contributed by atoms with Crippen LogP contribution in [0.2, 0.25) is 0 Å². The minimum Gasteiger partial charge on any atom is -0.282 e. The summed E-state index contributed by atoms with van der Waals surface area (Å²) in [6.45, 7) is 0.434. The van der Waals surface area contributed by atoms with E-state index in [0.29, 0.717) is 32.2 Å². The molecule has 0 aliphatic carbocycles. The Morgan fingerprint density at radius 2 is 2.07 bits per heavy atom. The number of imide groups is 1. The fourth-order valence-electron chi connectivity index (χ4n) is 1.57. The number of amides is 2. The predicted molar refractivity (Wildman–Crippen MR) is 54.2 cm³/mol. The number of piperidine rings is 1. The van der Waals surface area contributed by atoms with E-state index in [0.717, 1.165) is 17.4 Å². The maximum atomic E-state index is 11.4. The second-order valence-corrected chi connectivity index (χ2v) is 4.00. The van der Waals surface area contributed by atoms with Crippen LogP contribution in [0.1, 0.15) is 25.0 Å². The van der Waals surface area contributed by atoms with E-state index >= 15 is 0 Å². The van der Waals surface area contributed by atoms with Crippen LogP contribution in [0.15, 0.2) is 6.20 Å². The van der Waals surface area contributed by atoms with Gasteiger partial charge in [0.05, 0.1) is 23.6 Å². The van der Waals surface area contributed by atoms with Gasteiger partial charge in [0.25, 0.3) is 0 Å². The smallest absolute Gasteiger partial charge is 0.229 e. The molecule has 1 aromatic heterocycles. The second kappa shape index (κ2) is 4.48. The standard InChI is InChI=1S/C9H11N3O2S/c13-8-2-1-3-9(14)12(8)5-4-7-6-10-15-11-7/h6H,1-5H2. The van der Waals surface area contributed by atoms with Crippen molar-refractivity contribution < 1.29 is 9.59 Å². The first-order valence-corrected chi connectivity index (χ1v) is 5.60. The van der Waals surface area contributed by atoms with E-state index in [-0.39, 0.29) is 11.8 Å². The molecule has 1 aliphatic heterocycles. The Bertz CT molecular complexity index is 347. The molecule has 15 heavy (non-hydrogen) atoms. The maximum absolute atomic E-state index is 11.4. The number of likely N-dealkylation sites (tertiary alicyclic amines) is 1. The van der Waals surface area contributed by atoms with Gasteiger partial charge in [0, 0.05) is 25.8 Å². The molecule has 2 amide bonds. The van der Waals surface area contributed by atoms with Gasteiger partial charge in [-0.25, -0.2) is 0 Å². The summed E-state index contributed by atoms with van der Waals surface area (Å²) < 4.78 is 7.90. The zero-order valence-electron chi connectivity index (χ0n) is 8.18. The molecule has 1 aliphatic rings. The molecule has 2 heterocycles. The first-order chi connectivity index (χ1) is 7.27. The van der Waals surface area contributed by atoms with Crippen molar-refractivity contribution in [3.05, 3.63) is 11.9 Å². The summed E-state index contributed by atoms with van der Waals surface area (Å²) in [5, 5.41) is 0. The topological polar surface area (TPSA) is 63.2 Å². The Morgan fingerprint density at radius 3 is 2.67 bits per heavy atom. The Kier molecular flexibility index (Phi) is 3.05. The number of hydrogen-bond acceptors (Lipinski definition) is 5. The molecule has 1 fully saturated rings. The third-order valence-electron chi connectivity index (χ3n) is 2.38. The van der Waals surface area contributed by atoms with Crippen LogP contribution in [0, 0.1) is 0 Å². The van der Waals surface area contributed by atoms with Crippen LogP contribution in [0.3, 0.4) is 0 Å². The van der Waals surface area contributed by atoms with Crippen molar-refractivity contribution in [2.75, 3.05) is 6.54 Å². The van der Waals surface area contributed by atoms with Gasteiger partial charge in [0.2, 0.25) is 11.8 Å². The van der Waals surface area contributed by atoms with E-state index in [2.05, 4.69) is 8.75 Å². The molecule has 0 spiro atoms. The zero-order chi connectivity index (χ0) is 10.7. The molecule has 0 unspecified atom stereocenters. The molecular weight excluding hydrogens is 214 g/mol. The average molecular weight is 225 g/mol. The van der Waals surface area contributed by atoms with Gasteiger partial charge < -0.3 is 0 Å². The molecule has 0 saturated carbocycles. The lowest BCUT2D eigenvalue weighted by atomic mass is 10.1. The van der Waals surface area contributed by atoms with E-state index in [1.807, 2.05) is 0 Å². The maximum Gasteiger partial charge on any atom is 0.229 e. The predicted octanol–water partition coefficient (Wildman–Crippen LogP) is 0.620. The zero-order valence-corrected chi connectivity index (χ0v) is 9.00. The van der Waals surface area contributed by atoms with E-state index in [1.54, 1.807) is 6.20 Å². The van der Waals surface area contributed by atoms with Gasteiger partial charge in [-0.3, -0.25) is 14.5 Å². The summed E-state index contributed by atoms with van der Waals surface area (Å²) >= 11 is 1.14. The molecule has 0 radical (unpaired) electrons. The lowest BCUT2D eigenvalue weighted by Crippen LogP contribution is -2.41. The first kappa shape index (κ1) is 10.2. The second-order valence-electron chi connectivity index (χ2n) is 3.44. The van der Waals surface area contributed by atoms with Crippen molar-refractivity contribution in [2.45, 2.75) is 25.7 Å². The van der Waals surface area contributed by atoms with Gasteiger partial charge in [-0.2, -0.15) is 8.75 Å². The van der Waals surface area contributed by atoms with Crippen LogP contribution >= 0.6 is 11.7 Å². The monoisotopic (exact) mass is 225 g/mol. The minimum atomic E-state index is -0.0607. The molecule has 80 valence electrons. The number of carbonyl (C=O) groups is 2. The molecular formula is C9H11N3O2S. The van der Waals surface area contributed by atoms with Crippen LogP contribution in [0.5, 0.6) is 0 Å². The summed E-state index contributed by atoms with van der Waals surface area (Å²) in [5.74, 6) is -0.121. The van der Waals surface area contributed by atoms with Gasteiger partial charge in [0.1, 0.15) is 0 Å². The largest absolute Gasteiger partial charge is 0.282 e. The summed E-state index contributed by atoms with van der Waals surface area (Å²) in [4.78, 5) is 24.2. The van der Waals surface area contributed by atoms with Crippen LogP contribution < -0.4 is 0 Å². The minimum absolute atomic E-state index is 0.0607. The van der Waals surface area contributed by atoms with E-state index in [1.165, 1.54) is 4.90 Å². The Labute approximate surface area is 91.4 Å². The quantitative estimate of drug-likeness (QED) is 0.707. The highest BCUT2D eigenvalue weighted by Crippen LogP contribution is 2.12. The highest BCUT2D eigenvalue weighted by molar-refractivity contribution is 6.99. The van der Waals surface area contributed by atoms with Crippen LogP contribution in [0.25, 0.3) is 0 Å². The van der Waals surface area contributed by atoms with Crippen LogP contribution in [0.4, 0.5) is 0 Å². The highest BCUT2D eigenvalue weighted by atomic mass is 32.1. The lowest BCUT2D eigenvalue weighted by Gasteiger charge is -2.24. The van der Waals surface area contributed by atoms with E-state index in [4.69, 9.17) is 0 Å². The normalized spacial score (nSPS) is 17.2. The van der Waals surface area contributed by atoms with E-state index < -0.39 is 0 Å². The fraction of sp³-hybridized carbons (Fsp3) is 0.556. The van der Waals surface area contributed by atoms with Crippen molar-refractivity contribution in [1.29, 1.82) is 0 Å². The molecule has 2 rings (SSSR count). The summed E-state index contributed by atoms with van der Waals surface area (Å²) in [7, 11) is 0. The highest BCUT2D eigenvalue weighted by Gasteiger charge is 2.25. The van der Waals surface area contributed by atoms with Crippen molar-refractivity contribution >= 4 is 23.5 Å². The summed E-state index contributed by atoms with van der Waals surface area (Å²) in [5.41, 5.74) is 0.839. The van der Waals surface area contributed by atoms with Gasteiger partial charge in [-0.05, 0) is 6.42 Å². The SMILES string of the molecule is O=C1CCCC(=O)N1CCc1cnsn1. The van der Waals surface area contributed by atoms with Crippen molar-refractivity contribution in [3.8, 4) is 0 Å². The number of aromatic nitrogens is 2. The van der Waals surface area contributed by atoms with Gasteiger partial charge >= 0.3 is 0 Å². The summed E-state index contributed by atoms with van der Waals surface area (Å²) in [6.07, 6.45) is 3.94. The number of rotatable bonds is 3. The number of carbonyl (C=O) groups excluding carboxylic acids is 2. The Balaban J connectivity index is 1.92. The molecule has 6 heteroatoms. The van der Waals surface area contributed by atoms with Gasteiger partial charge in [-0.15, -0.1) is 0 Å². The van der Waals surface area contributed by atoms with E-state index in [9.17, 15) is 9.59 Å². The van der Waals surface area contributed by atoms with Gasteiger partial charge in [-0.1, -0.05) is 0 Å². The molecule has 0 atom stereocenters. The van der Waals surface area contributed by atoms with Crippen LogP contribution in [-0.2, 0) is 16.0 Å². The van der Waals surface area contributed by atoms with Crippen molar-refractivity contribution in [1.82, 2.24) is 13.6 Å². The first-order valence-electron chi connectivity index (χ1n) is 4.87. The third-order valence-corrected chi connectivity index (χ3v) is 2.90. The number of hydrogen-bond donors (Lipinski definition) is 0. The van der Waals surface area contributed by atoms with Crippen LogP contribution in [-0.4, -0.2) is 32.0 Å². The average Bonchev–Trinajstić information content (AvgIpc) is 2.70. The molecule has 5 nitrogen and oxygen atoms in total. The Morgan fingerprint density at radius 1 is 1.33 bits per heavy atom. The van der Waals surface area contributed by atoms with Crippen molar-refractivity contribution in [3.63, 3.8) is 0 Å². The lowest BCUT2D eigenvalue weighted by molar-refractivity contribution is -0.147. The summed E-state index contributed by atoms with van der Waals surface area (Å²) in [6, 6.07) is 0. The van der Waals surface area contributed by atoms with Gasteiger partial charge in [0.15, 0.2) is 0 Å². The molecule has 1 saturated heterocycles. The molecule has 0 bridgehead atoms. The molecule has 1 aromatic rings.